The summed E-state index contributed by atoms with van der Waals surface area (Å²) < 4.78 is 27.2. The highest BCUT2D eigenvalue weighted by molar-refractivity contribution is 6.05. The van der Waals surface area contributed by atoms with Gasteiger partial charge in [-0.05, 0) is 6.07 Å². The number of anilines is 2. The first kappa shape index (κ1) is 13.4. The summed E-state index contributed by atoms with van der Waals surface area (Å²) in [5.41, 5.74) is 5.20. The zero-order chi connectivity index (χ0) is 14.2. The second-order valence-electron chi connectivity index (χ2n) is 4.21. The lowest BCUT2D eigenvalue weighted by Crippen LogP contribution is -2.36. The fourth-order valence-corrected chi connectivity index (χ4v) is 2.08. The predicted molar refractivity (Wildman–Crippen MR) is 65.8 cm³/mol. The molecular formula is C12H13F2N3O2. The van der Waals surface area contributed by atoms with Gasteiger partial charge < -0.3 is 15.5 Å². The number of nitrogens with zero attached hydrogens (tertiary/aromatic N) is 2. The van der Waals surface area contributed by atoms with Crippen LogP contribution in [0, 0.1) is 11.6 Å². The molecule has 2 amide bonds. The van der Waals surface area contributed by atoms with E-state index in [0.29, 0.717) is 6.07 Å². The summed E-state index contributed by atoms with van der Waals surface area (Å²) in [5.74, 6) is -2.54. The van der Waals surface area contributed by atoms with Gasteiger partial charge in [-0.25, -0.2) is 8.78 Å². The molecule has 1 heterocycles. The zero-order valence-corrected chi connectivity index (χ0v) is 10.3. The van der Waals surface area contributed by atoms with Crippen LogP contribution in [0.3, 0.4) is 0 Å². The molecule has 0 radical (unpaired) electrons. The van der Waals surface area contributed by atoms with E-state index >= 15 is 0 Å². The first-order valence-electron chi connectivity index (χ1n) is 5.71. The molecule has 0 saturated heterocycles. The highest BCUT2D eigenvalue weighted by atomic mass is 19.1. The molecule has 5 nitrogen and oxygen atoms in total. The molecule has 1 aliphatic heterocycles. The summed E-state index contributed by atoms with van der Waals surface area (Å²) in [4.78, 5) is 25.7. The Bertz CT molecular complexity index is 548. The van der Waals surface area contributed by atoms with Crippen molar-refractivity contribution >= 4 is 23.2 Å². The summed E-state index contributed by atoms with van der Waals surface area (Å²) in [5, 5.41) is 0. The van der Waals surface area contributed by atoms with E-state index in [4.69, 9.17) is 5.73 Å². The van der Waals surface area contributed by atoms with Gasteiger partial charge in [-0.3, -0.25) is 9.59 Å². The lowest BCUT2D eigenvalue weighted by Gasteiger charge is -2.23. The van der Waals surface area contributed by atoms with Crippen molar-refractivity contribution in [2.75, 3.05) is 29.9 Å². The summed E-state index contributed by atoms with van der Waals surface area (Å²) in [6, 6.07) is 1.71. The Hall–Kier alpha value is -2.02. The van der Waals surface area contributed by atoms with Crippen molar-refractivity contribution in [2.24, 2.45) is 5.73 Å². The van der Waals surface area contributed by atoms with Crippen LogP contribution in [0.25, 0.3) is 0 Å². The monoisotopic (exact) mass is 269 g/mol. The Labute approximate surface area is 108 Å². The van der Waals surface area contributed by atoms with Gasteiger partial charge in [-0.2, -0.15) is 0 Å². The van der Waals surface area contributed by atoms with E-state index in [-0.39, 0.29) is 36.8 Å². The topological polar surface area (TPSA) is 66.6 Å². The van der Waals surface area contributed by atoms with E-state index in [1.807, 2.05) is 0 Å². The van der Waals surface area contributed by atoms with Crippen LogP contribution in [-0.2, 0) is 9.59 Å². The van der Waals surface area contributed by atoms with Crippen LogP contribution in [0.1, 0.15) is 6.42 Å². The van der Waals surface area contributed by atoms with E-state index in [1.54, 1.807) is 0 Å². The van der Waals surface area contributed by atoms with Crippen molar-refractivity contribution in [1.29, 1.82) is 0 Å². The van der Waals surface area contributed by atoms with Crippen molar-refractivity contribution in [1.82, 2.24) is 0 Å². The van der Waals surface area contributed by atoms with Crippen LogP contribution in [0.4, 0.5) is 20.2 Å². The van der Waals surface area contributed by atoms with Crippen molar-refractivity contribution in [3.8, 4) is 0 Å². The third-order valence-corrected chi connectivity index (χ3v) is 3.03. The molecule has 0 unspecified atom stereocenters. The summed E-state index contributed by atoms with van der Waals surface area (Å²) >= 11 is 0. The second-order valence-corrected chi connectivity index (χ2v) is 4.21. The molecule has 0 atom stereocenters. The first-order chi connectivity index (χ1) is 8.95. The lowest BCUT2D eigenvalue weighted by atomic mass is 10.2. The average Bonchev–Trinajstić information content (AvgIpc) is 2.47. The standard InChI is InChI=1S/C12H13F2N3O2/c1-16-10(18)2-3-17(11(19)6-15)9-5-7(13)4-8(14)12(9)16/h4-5H,2-3,6,15H2,1H3. The molecule has 0 saturated carbocycles. The smallest absolute Gasteiger partial charge is 0.240 e. The van der Waals surface area contributed by atoms with Crippen LogP contribution in [0.2, 0.25) is 0 Å². The van der Waals surface area contributed by atoms with Crippen LogP contribution in [-0.4, -0.2) is 32.0 Å². The maximum Gasteiger partial charge on any atom is 0.240 e. The maximum atomic E-state index is 13.9. The minimum atomic E-state index is -0.887. The van der Waals surface area contributed by atoms with Crippen molar-refractivity contribution in [3.63, 3.8) is 0 Å². The van der Waals surface area contributed by atoms with Crippen LogP contribution >= 0.6 is 0 Å². The van der Waals surface area contributed by atoms with Crippen LogP contribution < -0.4 is 15.5 Å². The number of amides is 2. The summed E-state index contributed by atoms with van der Waals surface area (Å²) in [6.45, 7) is -0.245. The van der Waals surface area contributed by atoms with Crippen LogP contribution in [0.5, 0.6) is 0 Å². The molecule has 0 spiro atoms. The number of carbonyl (C=O) groups excluding carboxylic acids is 2. The normalized spacial score (nSPS) is 15.3. The molecule has 1 aromatic carbocycles. The summed E-state index contributed by atoms with van der Waals surface area (Å²) in [6.07, 6.45) is 0.0258. The minimum Gasteiger partial charge on any atom is -0.322 e. The highest BCUT2D eigenvalue weighted by Crippen LogP contribution is 2.35. The molecule has 0 aliphatic carbocycles. The van der Waals surface area contributed by atoms with Crippen LogP contribution in [0.15, 0.2) is 12.1 Å². The minimum absolute atomic E-state index is 0.0258. The van der Waals surface area contributed by atoms with Gasteiger partial charge >= 0.3 is 0 Å². The van der Waals surface area contributed by atoms with Gasteiger partial charge in [-0.15, -0.1) is 0 Å². The number of rotatable bonds is 1. The quantitative estimate of drug-likeness (QED) is 0.813. The van der Waals surface area contributed by atoms with Gasteiger partial charge in [0.15, 0.2) is 5.82 Å². The van der Waals surface area contributed by atoms with E-state index < -0.39 is 17.5 Å². The highest BCUT2D eigenvalue weighted by Gasteiger charge is 2.29. The number of hydrogen-bond acceptors (Lipinski definition) is 3. The average molecular weight is 269 g/mol. The number of fused-ring (bicyclic) bond motifs is 1. The fraction of sp³-hybridized carbons (Fsp3) is 0.333. The third-order valence-electron chi connectivity index (χ3n) is 3.03. The Morgan fingerprint density at radius 1 is 1.42 bits per heavy atom. The van der Waals surface area contributed by atoms with E-state index in [0.717, 1.165) is 15.9 Å². The molecule has 1 aliphatic rings. The molecule has 1 aromatic rings. The van der Waals surface area contributed by atoms with E-state index in [2.05, 4.69) is 0 Å². The molecule has 0 fully saturated rings. The Kier molecular flexibility index (Phi) is 3.48. The molecular weight excluding hydrogens is 256 g/mol. The molecule has 102 valence electrons. The Morgan fingerprint density at radius 2 is 2.11 bits per heavy atom. The summed E-state index contributed by atoms with van der Waals surface area (Å²) in [7, 11) is 1.39. The van der Waals surface area contributed by atoms with E-state index in [1.165, 1.54) is 7.05 Å². The molecule has 0 bridgehead atoms. The molecule has 2 rings (SSSR count). The Morgan fingerprint density at radius 3 is 2.74 bits per heavy atom. The number of carbonyl (C=O) groups is 2. The van der Waals surface area contributed by atoms with Crippen molar-refractivity contribution < 1.29 is 18.4 Å². The van der Waals surface area contributed by atoms with Gasteiger partial charge in [0, 0.05) is 26.1 Å². The van der Waals surface area contributed by atoms with E-state index in [9.17, 15) is 18.4 Å². The largest absolute Gasteiger partial charge is 0.322 e. The molecule has 0 aromatic heterocycles. The number of benzene rings is 1. The van der Waals surface area contributed by atoms with Gasteiger partial charge in [0.25, 0.3) is 0 Å². The third kappa shape index (κ3) is 2.28. The first-order valence-corrected chi connectivity index (χ1v) is 5.71. The predicted octanol–water partition coefficient (Wildman–Crippen LogP) is 0.623. The van der Waals surface area contributed by atoms with Crippen molar-refractivity contribution in [2.45, 2.75) is 6.42 Å². The number of hydrogen-bond donors (Lipinski definition) is 1. The van der Waals surface area contributed by atoms with Crippen molar-refractivity contribution in [3.05, 3.63) is 23.8 Å². The zero-order valence-electron chi connectivity index (χ0n) is 10.3. The number of halogens is 2. The molecule has 19 heavy (non-hydrogen) atoms. The van der Waals surface area contributed by atoms with Gasteiger partial charge in [0.05, 0.1) is 12.2 Å². The molecule has 2 N–H and O–H groups in total. The second kappa shape index (κ2) is 4.93. The van der Waals surface area contributed by atoms with Gasteiger partial charge in [0.2, 0.25) is 11.8 Å². The van der Waals surface area contributed by atoms with Gasteiger partial charge in [0.1, 0.15) is 11.5 Å². The fourth-order valence-electron chi connectivity index (χ4n) is 2.08. The van der Waals surface area contributed by atoms with Gasteiger partial charge in [-0.1, -0.05) is 0 Å². The lowest BCUT2D eigenvalue weighted by molar-refractivity contribution is -0.118. The number of nitrogens with two attached hydrogens (primary N) is 1. The SMILES string of the molecule is CN1C(=O)CCN(C(=O)CN)c2cc(F)cc(F)c21. The maximum absolute atomic E-state index is 13.9. The molecule has 7 heteroatoms. The Balaban J connectivity index is 2.64.